The second-order valence-corrected chi connectivity index (χ2v) is 7.01. The van der Waals surface area contributed by atoms with E-state index in [1.807, 2.05) is 0 Å². The van der Waals surface area contributed by atoms with Crippen LogP contribution in [0.5, 0.6) is 0 Å². The first-order valence-corrected chi connectivity index (χ1v) is 10.1. The number of esters is 2. The normalized spacial score (nSPS) is 10.5. The summed E-state index contributed by atoms with van der Waals surface area (Å²) in [6, 6.07) is 11.1. The number of unbranched alkanes of at least 4 members (excludes halogenated alkanes) is 4. The van der Waals surface area contributed by atoms with Crippen LogP contribution in [0.2, 0.25) is 0 Å². The van der Waals surface area contributed by atoms with Crippen LogP contribution in [0.3, 0.4) is 0 Å². The number of carbonyl (C=O) groups excluding carboxylic acids is 2. The Morgan fingerprint density at radius 3 is 2.17 bits per heavy atom. The van der Waals surface area contributed by atoms with Crippen molar-refractivity contribution in [3.63, 3.8) is 0 Å². The van der Waals surface area contributed by atoms with E-state index >= 15 is 0 Å². The summed E-state index contributed by atoms with van der Waals surface area (Å²) in [6.07, 6.45) is 5.15. The largest absolute Gasteiger partial charge is 0.462 e. The van der Waals surface area contributed by atoms with Crippen LogP contribution in [0.4, 0.5) is 5.69 Å². The lowest BCUT2D eigenvalue weighted by molar-refractivity contribution is -0.386. The molecule has 0 fully saturated rings. The topological polar surface area (TPSA) is 95.7 Å². The summed E-state index contributed by atoms with van der Waals surface area (Å²) in [5.74, 6) is -1.32. The molecule has 0 aromatic heterocycles. The first kappa shape index (κ1) is 23.1. The standard InChI is InChI=1S/C23H27NO6/c1-3-4-5-6-9-15-29-22(25)19-13-7-8-14-20(19)23(26)30-16-18-12-10-11-17(2)21(18)24(27)28/h7-8,10-14H,3-6,9,15-16H2,1-2H3. The molecule has 0 unspecified atom stereocenters. The molecule has 2 aromatic rings. The fourth-order valence-corrected chi connectivity index (χ4v) is 3.11. The number of hydrogen-bond donors (Lipinski definition) is 0. The van der Waals surface area contributed by atoms with Crippen molar-refractivity contribution < 1.29 is 24.0 Å². The summed E-state index contributed by atoms with van der Waals surface area (Å²) in [5.41, 5.74) is 0.886. The van der Waals surface area contributed by atoms with Gasteiger partial charge in [0.15, 0.2) is 0 Å². The average Bonchev–Trinajstić information content (AvgIpc) is 2.74. The van der Waals surface area contributed by atoms with Crippen molar-refractivity contribution in [3.05, 3.63) is 74.8 Å². The average molecular weight is 413 g/mol. The molecule has 0 saturated heterocycles. The summed E-state index contributed by atoms with van der Waals surface area (Å²) in [6.45, 7) is 3.78. The van der Waals surface area contributed by atoms with Gasteiger partial charge < -0.3 is 9.47 Å². The summed E-state index contributed by atoms with van der Waals surface area (Å²) in [4.78, 5) is 35.8. The fourth-order valence-electron chi connectivity index (χ4n) is 3.11. The van der Waals surface area contributed by atoms with Crippen molar-refractivity contribution in [3.8, 4) is 0 Å². The Morgan fingerprint density at radius 2 is 1.53 bits per heavy atom. The highest BCUT2D eigenvalue weighted by molar-refractivity contribution is 6.03. The second kappa shape index (κ2) is 11.7. The zero-order chi connectivity index (χ0) is 21.9. The maximum Gasteiger partial charge on any atom is 0.339 e. The molecular formula is C23H27NO6. The molecule has 0 saturated carbocycles. The van der Waals surface area contributed by atoms with Crippen LogP contribution >= 0.6 is 0 Å². The lowest BCUT2D eigenvalue weighted by atomic mass is 10.1. The molecule has 0 atom stereocenters. The maximum absolute atomic E-state index is 12.6. The number of carbonyl (C=O) groups is 2. The molecule has 0 spiro atoms. The molecule has 0 aliphatic heterocycles. The lowest BCUT2D eigenvalue weighted by Gasteiger charge is -2.10. The van der Waals surface area contributed by atoms with Crippen molar-refractivity contribution in [1.29, 1.82) is 0 Å². The van der Waals surface area contributed by atoms with Gasteiger partial charge in [-0.3, -0.25) is 10.1 Å². The van der Waals surface area contributed by atoms with Crippen LogP contribution in [0.1, 0.15) is 70.9 Å². The van der Waals surface area contributed by atoms with Gasteiger partial charge in [-0.2, -0.15) is 0 Å². The van der Waals surface area contributed by atoms with Gasteiger partial charge in [-0.25, -0.2) is 9.59 Å². The number of ether oxygens (including phenoxy) is 2. The Labute approximate surface area is 176 Å². The highest BCUT2D eigenvalue weighted by Gasteiger charge is 2.21. The van der Waals surface area contributed by atoms with E-state index in [0.29, 0.717) is 17.7 Å². The third-order valence-electron chi connectivity index (χ3n) is 4.71. The van der Waals surface area contributed by atoms with E-state index in [0.717, 1.165) is 32.1 Å². The monoisotopic (exact) mass is 413 g/mol. The summed E-state index contributed by atoms with van der Waals surface area (Å²) < 4.78 is 10.6. The maximum atomic E-state index is 12.6. The molecule has 7 heteroatoms. The minimum Gasteiger partial charge on any atom is -0.462 e. The summed E-state index contributed by atoms with van der Waals surface area (Å²) in [7, 11) is 0. The molecule has 30 heavy (non-hydrogen) atoms. The van der Waals surface area contributed by atoms with Crippen LogP contribution in [-0.4, -0.2) is 23.5 Å². The van der Waals surface area contributed by atoms with Crippen molar-refractivity contribution in [2.45, 2.75) is 52.6 Å². The summed E-state index contributed by atoms with van der Waals surface area (Å²) >= 11 is 0. The molecule has 7 nitrogen and oxygen atoms in total. The first-order chi connectivity index (χ1) is 14.5. The highest BCUT2D eigenvalue weighted by Crippen LogP contribution is 2.24. The number of aryl methyl sites for hydroxylation is 1. The molecule has 0 aliphatic carbocycles. The predicted molar refractivity (Wildman–Crippen MR) is 112 cm³/mol. The zero-order valence-electron chi connectivity index (χ0n) is 17.4. The van der Waals surface area contributed by atoms with Gasteiger partial charge in [-0.1, -0.05) is 56.9 Å². The van der Waals surface area contributed by atoms with Crippen molar-refractivity contribution in [1.82, 2.24) is 0 Å². The number of rotatable bonds is 11. The van der Waals surface area contributed by atoms with Crippen LogP contribution in [0.25, 0.3) is 0 Å². The van der Waals surface area contributed by atoms with Gasteiger partial charge in [-0.05, 0) is 31.5 Å². The van der Waals surface area contributed by atoms with E-state index in [2.05, 4.69) is 6.92 Å². The zero-order valence-corrected chi connectivity index (χ0v) is 17.4. The van der Waals surface area contributed by atoms with E-state index < -0.39 is 16.9 Å². The molecule has 0 N–H and O–H groups in total. The van der Waals surface area contributed by atoms with Crippen molar-refractivity contribution in [2.75, 3.05) is 6.61 Å². The smallest absolute Gasteiger partial charge is 0.339 e. The van der Waals surface area contributed by atoms with E-state index in [4.69, 9.17) is 9.47 Å². The molecule has 0 amide bonds. The van der Waals surface area contributed by atoms with E-state index in [1.54, 1.807) is 31.2 Å². The van der Waals surface area contributed by atoms with Gasteiger partial charge in [-0.15, -0.1) is 0 Å². The molecule has 0 heterocycles. The molecular weight excluding hydrogens is 386 g/mol. The van der Waals surface area contributed by atoms with Crippen LogP contribution in [-0.2, 0) is 16.1 Å². The predicted octanol–water partition coefficient (Wildman–Crippen LogP) is 5.39. The first-order valence-electron chi connectivity index (χ1n) is 10.1. The third kappa shape index (κ3) is 6.40. The van der Waals surface area contributed by atoms with Gasteiger partial charge in [0.1, 0.15) is 6.61 Å². The fraction of sp³-hybridized carbons (Fsp3) is 0.391. The van der Waals surface area contributed by atoms with E-state index in [9.17, 15) is 19.7 Å². The molecule has 2 aromatic carbocycles. The van der Waals surface area contributed by atoms with Gasteiger partial charge in [0.2, 0.25) is 0 Å². The number of para-hydroxylation sites is 1. The van der Waals surface area contributed by atoms with Crippen LogP contribution < -0.4 is 0 Å². The minimum absolute atomic E-state index is 0.0730. The Bertz CT molecular complexity index is 893. The highest BCUT2D eigenvalue weighted by atomic mass is 16.6. The third-order valence-corrected chi connectivity index (χ3v) is 4.71. The second-order valence-electron chi connectivity index (χ2n) is 7.01. The SMILES string of the molecule is CCCCCCCOC(=O)c1ccccc1C(=O)OCc1cccc(C)c1[N+](=O)[O-]. The summed E-state index contributed by atoms with van der Waals surface area (Å²) in [5, 5.41) is 11.3. The number of benzene rings is 2. The quantitative estimate of drug-likeness (QED) is 0.212. The van der Waals surface area contributed by atoms with E-state index in [-0.39, 0.29) is 23.4 Å². The number of nitrogens with zero attached hydrogens (tertiary/aromatic N) is 1. The van der Waals surface area contributed by atoms with Gasteiger partial charge >= 0.3 is 11.9 Å². The Kier molecular flexibility index (Phi) is 9.00. The van der Waals surface area contributed by atoms with Gasteiger partial charge in [0.25, 0.3) is 5.69 Å². The molecule has 160 valence electrons. The van der Waals surface area contributed by atoms with Crippen LogP contribution in [0, 0.1) is 17.0 Å². The Balaban J connectivity index is 2.01. The number of hydrogen-bond acceptors (Lipinski definition) is 6. The minimum atomic E-state index is -0.735. The lowest BCUT2D eigenvalue weighted by Crippen LogP contribution is -2.15. The molecule has 2 rings (SSSR count). The number of nitro groups is 1. The molecule has 0 bridgehead atoms. The Morgan fingerprint density at radius 1 is 0.900 bits per heavy atom. The van der Waals surface area contributed by atoms with Crippen molar-refractivity contribution in [2.24, 2.45) is 0 Å². The molecule has 0 radical (unpaired) electrons. The van der Waals surface area contributed by atoms with Gasteiger partial charge in [0.05, 0.1) is 28.2 Å². The van der Waals surface area contributed by atoms with Gasteiger partial charge in [0, 0.05) is 5.56 Å². The van der Waals surface area contributed by atoms with Crippen LogP contribution in [0.15, 0.2) is 42.5 Å². The Hall–Kier alpha value is -3.22. The van der Waals surface area contributed by atoms with E-state index in [1.165, 1.54) is 18.2 Å². The molecule has 0 aliphatic rings. The van der Waals surface area contributed by atoms with Crippen molar-refractivity contribution >= 4 is 17.6 Å². The number of nitro benzene ring substituents is 1.